The van der Waals surface area contributed by atoms with Crippen molar-refractivity contribution < 1.29 is 0 Å². The monoisotopic (exact) mass is 167 g/mol. The van der Waals surface area contributed by atoms with Gasteiger partial charge in [0.2, 0.25) is 0 Å². The number of nitrogens with one attached hydrogen (secondary N) is 1. The van der Waals surface area contributed by atoms with E-state index in [1.165, 1.54) is 51.5 Å². The molecule has 1 unspecified atom stereocenters. The van der Waals surface area contributed by atoms with Gasteiger partial charge in [-0.2, -0.15) is 0 Å². The third-order valence-electron chi connectivity index (χ3n) is 3.77. The second kappa shape index (κ2) is 3.37. The van der Waals surface area contributed by atoms with E-state index in [1.54, 1.807) is 0 Å². The van der Waals surface area contributed by atoms with Crippen LogP contribution < -0.4 is 5.32 Å². The summed E-state index contributed by atoms with van der Waals surface area (Å²) in [6, 6.07) is 0. The van der Waals surface area contributed by atoms with E-state index >= 15 is 0 Å². The van der Waals surface area contributed by atoms with Gasteiger partial charge in [-0.1, -0.05) is 19.8 Å². The molecule has 0 amide bonds. The first-order valence-corrected chi connectivity index (χ1v) is 5.62. The third-order valence-corrected chi connectivity index (χ3v) is 3.77. The van der Waals surface area contributed by atoms with E-state index in [1.807, 2.05) is 0 Å². The molecule has 0 aromatic rings. The summed E-state index contributed by atoms with van der Waals surface area (Å²) < 4.78 is 0. The Kier molecular flexibility index (Phi) is 2.40. The molecule has 1 saturated carbocycles. The van der Waals surface area contributed by atoms with Crippen molar-refractivity contribution in [3.63, 3.8) is 0 Å². The van der Waals surface area contributed by atoms with Crippen LogP contribution in [-0.4, -0.2) is 12.1 Å². The molecule has 2 fully saturated rings. The number of rotatable bonds is 2. The number of hydrogen-bond acceptors (Lipinski definition) is 1. The molecule has 1 N–H and O–H groups in total. The Balaban J connectivity index is 2.01. The van der Waals surface area contributed by atoms with E-state index < -0.39 is 0 Å². The van der Waals surface area contributed by atoms with E-state index in [2.05, 4.69) is 12.2 Å². The van der Waals surface area contributed by atoms with Gasteiger partial charge in [-0.3, -0.25) is 0 Å². The first-order valence-electron chi connectivity index (χ1n) is 5.62. The third kappa shape index (κ3) is 1.52. The molecule has 0 radical (unpaired) electrons. The van der Waals surface area contributed by atoms with Crippen LogP contribution in [0.4, 0.5) is 0 Å². The summed E-state index contributed by atoms with van der Waals surface area (Å²) in [5.41, 5.74) is 0.566. The molecule has 0 aromatic heterocycles. The van der Waals surface area contributed by atoms with Crippen molar-refractivity contribution in [2.75, 3.05) is 6.54 Å². The molecule has 0 aromatic carbocycles. The molecule has 1 atom stereocenters. The summed E-state index contributed by atoms with van der Waals surface area (Å²) in [7, 11) is 0. The van der Waals surface area contributed by atoms with E-state index in [4.69, 9.17) is 0 Å². The molecule has 0 bridgehead atoms. The second-order valence-electron chi connectivity index (χ2n) is 4.52. The van der Waals surface area contributed by atoms with Crippen LogP contribution in [0.3, 0.4) is 0 Å². The largest absolute Gasteiger partial charge is 0.311 e. The van der Waals surface area contributed by atoms with Gasteiger partial charge in [0.1, 0.15) is 0 Å². The lowest BCUT2D eigenvalue weighted by atomic mass is 9.85. The molecule has 2 rings (SSSR count). The smallest absolute Gasteiger partial charge is 0.0207 e. The molecule has 0 spiro atoms. The Morgan fingerprint density at radius 1 is 1.25 bits per heavy atom. The maximum Gasteiger partial charge on any atom is 0.0207 e. The molecular formula is C11H21N. The minimum atomic E-state index is 0.566. The van der Waals surface area contributed by atoms with Gasteiger partial charge >= 0.3 is 0 Å². The summed E-state index contributed by atoms with van der Waals surface area (Å²) in [5, 5.41) is 3.81. The van der Waals surface area contributed by atoms with E-state index in [0.717, 1.165) is 5.92 Å². The van der Waals surface area contributed by atoms with Gasteiger partial charge < -0.3 is 5.32 Å². The molecule has 70 valence electrons. The van der Waals surface area contributed by atoms with Crippen molar-refractivity contribution in [2.45, 2.75) is 57.4 Å². The van der Waals surface area contributed by atoms with Gasteiger partial charge in [-0.15, -0.1) is 0 Å². The maximum atomic E-state index is 3.81. The van der Waals surface area contributed by atoms with Crippen molar-refractivity contribution in [2.24, 2.45) is 5.92 Å². The molecule has 2 aliphatic rings. The van der Waals surface area contributed by atoms with Gasteiger partial charge in [-0.05, 0) is 44.6 Å². The van der Waals surface area contributed by atoms with Gasteiger partial charge in [0, 0.05) is 5.54 Å². The van der Waals surface area contributed by atoms with E-state index in [-0.39, 0.29) is 0 Å². The zero-order valence-electron chi connectivity index (χ0n) is 8.23. The van der Waals surface area contributed by atoms with Crippen molar-refractivity contribution in [1.82, 2.24) is 5.32 Å². The zero-order valence-corrected chi connectivity index (χ0v) is 8.23. The topological polar surface area (TPSA) is 12.0 Å². The minimum absolute atomic E-state index is 0.566. The Hall–Kier alpha value is -0.0400. The van der Waals surface area contributed by atoms with E-state index in [9.17, 15) is 0 Å². The zero-order chi connectivity index (χ0) is 8.44. The van der Waals surface area contributed by atoms with Crippen molar-refractivity contribution >= 4 is 0 Å². The molecule has 1 heteroatoms. The van der Waals surface area contributed by atoms with Crippen LogP contribution in [0.15, 0.2) is 0 Å². The molecule has 1 aliphatic carbocycles. The normalized spacial score (nSPS) is 37.8. The lowest BCUT2D eigenvalue weighted by Gasteiger charge is -2.33. The first-order chi connectivity index (χ1) is 5.87. The van der Waals surface area contributed by atoms with Crippen LogP contribution in [0, 0.1) is 5.92 Å². The lowest BCUT2D eigenvalue weighted by Crippen LogP contribution is -2.46. The van der Waals surface area contributed by atoms with Crippen LogP contribution >= 0.6 is 0 Å². The highest BCUT2D eigenvalue weighted by molar-refractivity contribution is 5.00. The van der Waals surface area contributed by atoms with Gasteiger partial charge in [-0.25, -0.2) is 0 Å². The van der Waals surface area contributed by atoms with Crippen molar-refractivity contribution in [3.05, 3.63) is 0 Å². The highest BCUT2D eigenvalue weighted by Gasteiger charge is 2.43. The first kappa shape index (κ1) is 8.55. The Labute approximate surface area is 75.9 Å². The number of hydrogen-bond donors (Lipinski definition) is 1. The summed E-state index contributed by atoms with van der Waals surface area (Å²) in [6.45, 7) is 3.63. The van der Waals surface area contributed by atoms with Crippen LogP contribution in [-0.2, 0) is 0 Å². The predicted molar refractivity (Wildman–Crippen MR) is 52.2 cm³/mol. The molecule has 1 heterocycles. The van der Waals surface area contributed by atoms with Crippen LogP contribution in [0.1, 0.15) is 51.9 Å². The fourth-order valence-corrected chi connectivity index (χ4v) is 2.74. The van der Waals surface area contributed by atoms with Gasteiger partial charge in [0.25, 0.3) is 0 Å². The average molecular weight is 167 g/mol. The average Bonchev–Trinajstić information content (AvgIpc) is 2.92. The lowest BCUT2D eigenvalue weighted by molar-refractivity contribution is 0.263. The quantitative estimate of drug-likeness (QED) is 0.667. The second-order valence-corrected chi connectivity index (χ2v) is 4.52. The Morgan fingerprint density at radius 2 is 2.08 bits per heavy atom. The Bertz CT molecular complexity index is 141. The summed E-state index contributed by atoms with van der Waals surface area (Å²) >= 11 is 0. The summed E-state index contributed by atoms with van der Waals surface area (Å²) in [4.78, 5) is 0. The SMILES string of the molecule is CCC1(C2CC2)CCCCCN1. The molecule has 12 heavy (non-hydrogen) atoms. The van der Waals surface area contributed by atoms with Gasteiger partial charge in [0.05, 0.1) is 0 Å². The Morgan fingerprint density at radius 3 is 2.75 bits per heavy atom. The minimum Gasteiger partial charge on any atom is -0.311 e. The van der Waals surface area contributed by atoms with Crippen LogP contribution in [0.25, 0.3) is 0 Å². The molecular weight excluding hydrogens is 146 g/mol. The summed E-state index contributed by atoms with van der Waals surface area (Å²) in [5.74, 6) is 1.03. The summed E-state index contributed by atoms with van der Waals surface area (Å²) in [6.07, 6.45) is 10.1. The van der Waals surface area contributed by atoms with E-state index in [0.29, 0.717) is 5.54 Å². The fourth-order valence-electron chi connectivity index (χ4n) is 2.74. The molecule has 1 saturated heterocycles. The highest BCUT2D eigenvalue weighted by atomic mass is 15.0. The fraction of sp³-hybridized carbons (Fsp3) is 1.00. The predicted octanol–water partition coefficient (Wildman–Crippen LogP) is 2.71. The standard InChI is InChI=1S/C11H21N/c1-2-11(10-6-7-10)8-4-3-5-9-12-11/h10,12H,2-9H2,1H3. The van der Waals surface area contributed by atoms with Gasteiger partial charge in [0.15, 0.2) is 0 Å². The molecule has 1 aliphatic heterocycles. The van der Waals surface area contributed by atoms with Crippen LogP contribution in [0.2, 0.25) is 0 Å². The van der Waals surface area contributed by atoms with Crippen molar-refractivity contribution in [1.29, 1.82) is 0 Å². The molecule has 1 nitrogen and oxygen atoms in total. The van der Waals surface area contributed by atoms with Crippen molar-refractivity contribution in [3.8, 4) is 0 Å². The highest BCUT2D eigenvalue weighted by Crippen LogP contribution is 2.44. The van der Waals surface area contributed by atoms with Crippen LogP contribution in [0.5, 0.6) is 0 Å². The maximum absolute atomic E-state index is 3.81.